The number of hydrogen-bond acceptors (Lipinski definition) is 8. The van der Waals surface area contributed by atoms with E-state index in [0.29, 0.717) is 29.5 Å². The number of halogens is 2. The first-order valence-electron chi connectivity index (χ1n) is 6.97. The van der Waals surface area contributed by atoms with Crippen molar-refractivity contribution in [2.75, 3.05) is 0 Å². The molecule has 0 spiro atoms. The van der Waals surface area contributed by atoms with E-state index in [2.05, 4.69) is 41.8 Å². The third kappa shape index (κ3) is 4.41. The van der Waals surface area contributed by atoms with E-state index in [1.165, 1.54) is 0 Å². The van der Waals surface area contributed by atoms with Crippen molar-refractivity contribution in [3.63, 3.8) is 0 Å². The fourth-order valence-corrected chi connectivity index (χ4v) is 9.66. The Hall–Kier alpha value is -0.261. The molecule has 26 heavy (non-hydrogen) atoms. The zero-order valence-corrected chi connectivity index (χ0v) is 19.6. The normalized spacial score (nSPS) is 11.2. The van der Waals surface area contributed by atoms with Crippen LogP contribution in [0.25, 0.3) is 0 Å². The van der Waals surface area contributed by atoms with Gasteiger partial charge in [-0.1, -0.05) is 0 Å². The van der Waals surface area contributed by atoms with Crippen molar-refractivity contribution in [2.45, 2.75) is 26.4 Å². The van der Waals surface area contributed by atoms with E-state index < -0.39 is 39.5 Å². The number of aromatic hydroxyl groups is 2. The van der Waals surface area contributed by atoms with Crippen molar-refractivity contribution in [1.82, 2.24) is 9.97 Å². The summed E-state index contributed by atoms with van der Waals surface area (Å²) in [5, 5.41) is 58.2. The second-order valence-electron chi connectivity index (χ2n) is 4.83. The average Bonchev–Trinajstić information content (AvgIpc) is 2.63. The van der Waals surface area contributed by atoms with E-state index in [1.54, 1.807) is 0 Å². The predicted octanol–water partition coefficient (Wildman–Crippen LogP) is -1.34. The van der Waals surface area contributed by atoms with Crippen LogP contribution < -0.4 is 9.18 Å². The molecule has 0 atom stereocenters. The number of rotatable bonds is 7. The van der Waals surface area contributed by atoms with E-state index in [1.807, 2.05) is 0 Å². The number of nitrogens with zero attached hydrogens (tertiary/aromatic N) is 2. The molecule has 2 aromatic rings. The summed E-state index contributed by atoms with van der Waals surface area (Å²) in [6, 6.07) is 0. The van der Waals surface area contributed by atoms with Gasteiger partial charge in [0.1, 0.15) is 0 Å². The molecule has 6 N–H and O–H groups in total. The fraction of sp³-hybridized carbons (Fsp3) is 0.286. The van der Waals surface area contributed by atoms with E-state index in [0.717, 1.165) is 0 Å². The molecule has 2 aromatic heterocycles. The second-order valence-corrected chi connectivity index (χ2v) is 12.3. The molecule has 0 fully saturated rings. The predicted molar refractivity (Wildman–Crippen MR) is 102 cm³/mol. The first kappa shape index (κ1) is 22.0. The van der Waals surface area contributed by atoms with Crippen LogP contribution in [0, 0.1) is 0 Å². The minimum atomic E-state index is -0.451. The third-order valence-corrected chi connectivity index (χ3v) is 11.1. The molecule has 0 aliphatic carbocycles. The van der Waals surface area contributed by atoms with Crippen LogP contribution in [0.3, 0.4) is 0 Å². The fourth-order valence-electron chi connectivity index (χ4n) is 2.07. The van der Waals surface area contributed by atoms with E-state index in [9.17, 15) is 30.6 Å². The van der Waals surface area contributed by atoms with Crippen molar-refractivity contribution in [3.8, 4) is 11.5 Å². The summed E-state index contributed by atoms with van der Waals surface area (Å²) in [5.74, 6) is -0.371. The molecule has 0 aromatic carbocycles. The molecule has 142 valence electrons. The minimum absolute atomic E-state index is 0.186. The zero-order chi connectivity index (χ0) is 19.4. The molecule has 0 saturated carbocycles. The van der Waals surface area contributed by atoms with E-state index >= 15 is 0 Å². The molecule has 0 aliphatic rings. The van der Waals surface area contributed by atoms with Crippen LogP contribution in [0.4, 0.5) is 0 Å². The Morgan fingerprint density at radius 2 is 0.923 bits per heavy atom. The molecule has 0 amide bonds. The second kappa shape index (κ2) is 9.79. The van der Waals surface area contributed by atoms with Gasteiger partial charge in [-0.25, -0.2) is 0 Å². The summed E-state index contributed by atoms with van der Waals surface area (Å²) in [4.78, 5) is 8.45. The zero-order valence-electron chi connectivity index (χ0n) is 13.0. The van der Waals surface area contributed by atoms with Crippen LogP contribution in [0.5, 0.6) is 11.5 Å². The van der Waals surface area contributed by atoms with Gasteiger partial charge in [-0.3, -0.25) is 0 Å². The van der Waals surface area contributed by atoms with Crippen molar-refractivity contribution in [3.05, 3.63) is 31.5 Å². The Balaban J connectivity index is 2.38. The van der Waals surface area contributed by atoms with Gasteiger partial charge in [0.15, 0.2) is 0 Å². The molecule has 2 rings (SSSR count). The molecule has 12 heteroatoms. The number of aliphatic hydroxyl groups excluding tert-OH is 4. The topological polar surface area (TPSA) is 147 Å². The summed E-state index contributed by atoms with van der Waals surface area (Å²) in [6.07, 6.45) is 0. The summed E-state index contributed by atoms with van der Waals surface area (Å²) in [7, 11) is 0. The van der Waals surface area contributed by atoms with Crippen LogP contribution in [0.2, 0.25) is 0 Å². The summed E-state index contributed by atoms with van der Waals surface area (Å²) >= 11 is 5.62. The number of hydrogen-bond donors (Lipinski definition) is 6. The van der Waals surface area contributed by atoms with Gasteiger partial charge in [0.25, 0.3) is 0 Å². The monoisotopic (exact) mass is 624 g/mol. The quantitative estimate of drug-likeness (QED) is 0.164. The molecular weight excluding hydrogens is 610 g/mol. The van der Waals surface area contributed by atoms with Gasteiger partial charge in [0, 0.05) is 0 Å². The Morgan fingerprint density at radius 3 is 1.19 bits per heavy atom. The van der Waals surface area contributed by atoms with Crippen LogP contribution in [-0.2, 0) is 26.4 Å². The number of pyridine rings is 2. The van der Waals surface area contributed by atoms with Crippen LogP contribution in [0.15, 0.2) is 9.21 Å². The summed E-state index contributed by atoms with van der Waals surface area (Å²) in [6.45, 7) is -1.66. The van der Waals surface area contributed by atoms with Gasteiger partial charge in [0.2, 0.25) is 0 Å². The maximum atomic E-state index is 10.3. The van der Waals surface area contributed by atoms with Gasteiger partial charge in [-0.05, 0) is 0 Å². The van der Waals surface area contributed by atoms with Crippen molar-refractivity contribution in [1.29, 1.82) is 0 Å². The van der Waals surface area contributed by atoms with Gasteiger partial charge in [-0.15, -0.1) is 0 Å². The SMILES string of the molecule is OCc1c(Br)nc([Se][Se]c2nc(Br)c(CO)c(CO)c2O)c(O)c1CO. The van der Waals surface area contributed by atoms with Gasteiger partial charge < -0.3 is 0 Å². The number of aliphatic hydroxyl groups is 4. The Labute approximate surface area is 176 Å². The Bertz CT molecular complexity index is 757. The molecule has 0 unspecified atom stereocenters. The molecule has 8 nitrogen and oxygen atoms in total. The van der Waals surface area contributed by atoms with Crippen molar-refractivity contribution >= 4 is 67.3 Å². The molecule has 2 heterocycles. The third-order valence-electron chi connectivity index (χ3n) is 3.43. The van der Waals surface area contributed by atoms with Gasteiger partial charge in [0.05, 0.1) is 0 Å². The molecule has 0 aliphatic heterocycles. The first-order chi connectivity index (χ1) is 12.4. The van der Waals surface area contributed by atoms with Crippen LogP contribution in [-0.4, -0.2) is 66.9 Å². The summed E-state index contributed by atoms with van der Waals surface area (Å²) < 4.78 is 1.36. The average molecular weight is 624 g/mol. The van der Waals surface area contributed by atoms with Crippen molar-refractivity contribution < 1.29 is 30.6 Å². The van der Waals surface area contributed by atoms with Crippen LogP contribution >= 0.6 is 31.9 Å². The van der Waals surface area contributed by atoms with Crippen molar-refractivity contribution in [2.24, 2.45) is 0 Å². The maximum absolute atomic E-state index is 10.3. The molecule has 0 bridgehead atoms. The van der Waals surface area contributed by atoms with Gasteiger partial charge in [-0.2, -0.15) is 0 Å². The first-order valence-corrected chi connectivity index (χ1v) is 14.6. The van der Waals surface area contributed by atoms with E-state index in [-0.39, 0.29) is 35.8 Å². The summed E-state index contributed by atoms with van der Waals surface area (Å²) in [5.41, 5.74) is 1.03. The molecule has 0 saturated heterocycles. The van der Waals surface area contributed by atoms with E-state index in [4.69, 9.17) is 0 Å². The molecule has 0 radical (unpaired) electrons. The van der Waals surface area contributed by atoms with Crippen LogP contribution in [0.1, 0.15) is 22.3 Å². The number of aromatic nitrogens is 2. The van der Waals surface area contributed by atoms with Gasteiger partial charge >= 0.3 is 177 Å². The molecular formula is C14H14Br2N2O6Se2. The Kier molecular flexibility index (Phi) is 8.30. The standard InChI is InChI=1S/C14H14Br2N2O6Se2/c15-11-7(3-21)5(1-19)9(23)13(17-11)25-26-14-10(24)6(2-20)8(4-22)12(16)18-14/h19-24H,1-4H2. The Morgan fingerprint density at radius 1 is 0.615 bits per heavy atom.